The normalized spacial score (nSPS) is 15.3. The second-order valence-corrected chi connectivity index (χ2v) is 9.54. The molecule has 0 radical (unpaired) electrons. The van der Waals surface area contributed by atoms with Crippen LogP contribution in [0.3, 0.4) is 0 Å². The number of likely N-dealkylation sites (tertiary alicyclic amines) is 1. The number of amides is 1. The van der Waals surface area contributed by atoms with E-state index in [0.717, 1.165) is 0 Å². The van der Waals surface area contributed by atoms with Gasteiger partial charge in [0.15, 0.2) is 0 Å². The van der Waals surface area contributed by atoms with E-state index < -0.39 is 16.1 Å². The van der Waals surface area contributed by atoms with Crippen LogP contribution < -0.4 is 9.46 Å². The van der Waals surface area contributed by atoms with Gasteiger partial charge >= 0.3 is 6.09 Å². The van der Waals surface area contributed by atoms with Gasteiger partial charge in [-0.05, 0) is 55.5 Å². The van der Waals surface area contributed by atoms with Crippen LogP contribution in [0.5, 0.6) is 5.75 Å². The highest BCUT2D eigenvalue weighted by molar-refractivity contribution is 7.89. The third-order valence-electron chi connectivity index (χ3n) is 4.89. The highest BCUT2D eigenvalue weighted by Gasteiger charge is 2.26. The maximum absolute atomic E-state index is 12.6. The summed E-state index contributed by atoms with van der Waals surface area (Å²) < 4.78 is 33.2. The van der Waals surface area contributed by atoms with Crippen molar-refractivity contribution in [3.63, 3.8) is 0 Å². The molecule has 0 spiro atoms. The minimum absolute atomic E-state index is 0.0185. The Morgan fingerprint density at radius 1 is 1.14 bits per heavy atom. The Kier molecular flexibility index (Phi) is 7.05. The zero-order valence-corrected chi connectivity index (χ0v) is 18.2. The molecule has 29 heavy (non-hydrogen) atoms. The SMILES string of the molecule is Cc1cc(S(=O)(=O)NCC2CCN(C(=O)Oc3ccccc3)CC2)c(Cl)cc1Cl. The van der Waals surface area contributed by atoms with Crippen molar-refractivity contribution >= 4 is 39.3 Å². The second kappa shape index (κ2) is 9.34. The summed E-state index contributed by atoms with van der Waals surface area (Å²) in [5, 5.41) is 0.510. The molecular weight excluding hydrogens is 435 g/mol. The number of carbonyl (C=O) groups excluding carboxylic acids is 1. The summed E-state index contributed by atoms with van der Waals surface area (Å²) >= 11 is 12.0. The molecule has 0 aromatic heterocycles. The standard InChI is InChI=1S/C20H22Cl2N2O4S/c1-14-11-19(18(22)12-17(14)21)29(26,27)23-13-15-7-9-24(10-8-15)20(25)28-16-5-3-2-4-6-16/h2-6,11-12,15,23H,7-10,13H2,1H3. The van der Waals surface area contributed by atoms with Gasteiger partial charge in [0.05, 0.1) is 5.02 Å². The summed E-state index contributed by atoms with van der Waals surface area (Å²) in [5.41, 5.74) is 0.640. The van der Waals surface area contributed by atoms with Crippen molar-refractivity contribution in [2.75, 3.05) is 19.6 Å². The minimum Gasteiger partial charge on any atom is -0.410 e. The zero-order chi connectivity index (χ0) is 21.0. The van der Waals surface area contributed by atoms with E-state index in [-0.39, 0.29) is 22.4 Å². The number of ether oxygens (including phenoxy) is 1. The molecule has 9 heteroatoms. The first-order chi connectivity index (χ1) is 13.8. The molecule has 0 bridgehead atoms. The highest BCUT2D eigenvalue weighted by Crippen LogP contribution is 2.28. The molecule has 6 nitrogen and oxygen atoms in total. The topological polar surface area (TPSA) is 75.7 Å². The van der Waals surface area contributed by atoms with Gasteiger partial charge in [0, 0.05) is 24.7 Å². The van der Waals surface area contributed by atoms with E-state index in [1.807, 2.05) is 6.07 Å². The molecule has 0 aliphatic carbocycles. The van der Waals surface area contributed by atoms with Crippen molar-refractivity contribution < 1.29 is 17.9 Å². The third-order valence-corrected chi connectivity index (χ3v) is 7.18. The molecule has 0 saturated carbocycles. The number of halogens is 2. The lowest BCUT2D eigenvalue weighted by Crippen LogP contribution is -2.42. The predicted octanol–water partition coefficient (Wildman–Crippen LogP) is 4.49. The lowest BCUT2D eigenvalue weighted by atomic mass is 9.97. The molecule has 1 amide bonds. The first-order valence-electron chi connectivity index (χ1n) is 9.23. The summed E-state index contributed by atoms with van der Waals surface area (Å²) in [6.07, 6.45) is 0.971. The number of nitrogens with one attached hydrogen (secondary N) is 1. The van der Waals surface area contributed by atoms with Crippen molar-refractivity contribution in [1.82, 2.24) is 9.62 Å². The van der Waals surface area contributed by atoms with E-state index in [0.29, 0.717) is 42.3 Å². The fourth-order valence-electron chi connectivity index (χ4n) is 3.12. The molecule has 3 rings (SSSR count). The van der Waals surface area contributed by atoms with Gasteiger partial charge in [-0.2, -0.15) is 0 Å². The van der Waals surface area contributed by atoms with Gasteiger partial charge in [-0.15, -0.1) is 0 Å². The fourth-order valence-corrected chi connectivity index (χ4v) is 5.06. The van der Waals surface area contributed by atoms with Gasteiger partial charge in [-0.1, -0.05) is 41.4 Å². The molecule has 1 N–H and O–H groups in total. The van der Waals surface area contributed by atoms with E-state index >= 15 is 0 Å². The quantitative estimate of drug-likeness (QED) is 0.718. The highest BCUT2D eigenvalue weighted by atomic mass is 35.5. The van der Waals surface area contributed by atoms with Crippen LogP contribution in [-0.4, -0.2) is 39.0 Å². The third kappa shape index (κ3) is 5.63. The number of benzene rings is 2. The number of aryl methyl sites for hydroxylation is 1. The number of carbonyl (C=O) groups is 1. The molecule has 1 aliphatic heterocycles. The number of sulfonamides is 1. The molecule has 156 valence electrons. The van der Waals surface area contributed by atoms with Crippen molar-refractivity contribution in [3.05, 3.63) is 58.1 Å². The maximum atomic E-state index is 12.6. The van der Waals surface area contributed by atoms with Crippen LogP contribution in [0.4, 0.5) is 4.79 Å². The zero-order valence-electron chi connectivity index (χ0n) is 15.9. The van der Waals surface area contributed by atoms with Crippen LogP contribution in [0.2, 0.25) is 10.0 Å². The molecule has 1 aliphatic rings. The van der Waals surface area contributed by atoms with Crippen LogP contribution in [0, 0.1) is 12.8 Å². The lowest BCUT2D eigenvalue weighted by molar-refractivity contribution is 0.131. The van der Waals surface area contributed by atoms with Crippen LogP contribution in [0.25, 0.3) is 0 Å². The van der Waals surface area contributed by atoms with E-state index in [1.54, 1.807) is 36.1 Å². The van der Waals surface area contributed by atoms with E-state index in [2.05, 4.69) is 4.72 Å². The van der Waals surface area contributed by atoms with Crippen molar-refractivity contribution in [2.45, 2.75) is 24.7 Å². The Hall–Kier alpha value is -1.80. The Bertz CT molecular complexity index is 975. The molecule has 2 aromatic rings. The molecule has 1 fully saturated rings. The average molecular weight is 457 g/mol. The number of hydrogen-bond donors (Lipinski definition) is 1. The summed E-state index contributed by atoms with van der Waals surface area (Å²) in [6, 6.07) is 11.8. The molecule has 2 aromatic carbocycles. The smallest absolute Gasteiger partial charge is 0.410 e. The van der Waals surface area contributed by atoms with Crippen LogP contribution in [0.15, 0.2) is 47.4 Å². The van der Waals surface area contributed by atoms with Crippen LogP contribution >= 0.6 is 23.2 Å². The first kappa shape index (κ1) is 21.9. The molecular formula is C20H22Cl2N2O4S. The Balaban J connectivity index is 1.52. The first-order valence-corrected chi connectivity index (χ1v) is 11.5. The van der Waals surface area contributed by atoms with Crippen molar-refractivity contribution in [3.8, 4) is 5.75 Å². The van der Waals surface area contributed by atoms with Gasteiger partial charge in [0.25, 0.3) is 0 Å². The predicted molar refractivity (Wildman–Crippen MR) is 113 cm³/mol. The number of hydrogen-bond acceptors (Lipinski definition) is 4. The minimum atomic E-state index is -3.75. The summed E-state index contributed by atoms with van der Waals surface area (Å²) in [7, 11) is -3.75. The number of nitrogens with zero attached hydrogens (tertiary/aromatic N) is 1. The summed E-state index contributed by atoms with van der Waals surface area (Å²) in [5.74, 6) is 0.625. The molecule has 0 atom stereocenters. The van der Waals surface area contributed by atoms with Gasteiger partial charge in [-0.3, -0.25) is 0 Å². The average Bonchev–Trinajstić information content (AvgIpc) is 2.70. The van der Waals surface area contributed by atoms with Gasteiger partial charge in [0.1, 0.15) is 10.6 Å². The maximum Gasteiger partial charge on any atom is 0.415 e. The molecule has 1 saturated heterocycles. The summed E-state index contributed by atoms with van der Waals surface area (Å²) in [4.78, 5) is 13.9. The van der Waals surface area contributed by atoms with E-state index in [4.69, 9.17) is 27.9 Å². The fraction of sp³-hybridized carbons (Fsp3) is 0.350. The van der Waals surface area contributed by atoms with Gasteiger partial charge in [0.2, 0.25) is 10.0 Å². The Morgan fingerprint density at radius 3 is 2.45 bits per heavy atom. The molecule has 1 heterocycles. The van der Waals surface area contributed by atoms with Gasteiger partial charge in [-0.25, -0.2) is 17.9 Å². The Morgan fingerprint density at radius 2 is 1.79 bits per heavy atom. The molecule has 0 unspecified atom stereocenters. The summed E-state index contributed by atoms with van der Waals surface area (Å²) in [6.45, 7) is 3.03. The van der Waals surface area contributed by atoms with Crippen LogP contribution in [-0.2, 0) is 10.0 Å². The van der Waals surface area contributed by atoms with Crippen LogP contribution in [0.1, 0.15) is 18.4 Å². The largest absolute Gasteiger partial charge is 0.415 e. The van der Waals surface area contributed by atoms with E-state index in [9.17, 15) is 13.2 Å². The monoisotopic (exact) mass is 456 g/mol. The van der Waals surface area contributed by atoms with Crippen molar-refractivity contribution in [2.24, 2.45) is 5.92 Å². The lowest BCUT2D eigenvalue weighted by Gasteiger charge is -2.31. The van der Waals surface area contributed by atoms with Gasteiger partial charge < -0.3 is 9.64 Å². The second-order valence-electron chi connectivity index (χ2n) is 7.00. The Labute approximate surface area is 180 Å². The number of piperidine rings is 1. The number of rotatable bonds is 5. The number of para-hydroxylation sites is 1. The van der Waals surface area contributed by atoms with E-state index in [1.165, 1.54) is 12.1 Å². The van der Waals surface area contributed by atoms with Crippen molar-refractivity contribution in [1.29, 1.82) is 0 Å².